The molecule has 1 aliphatic heterocycles. The van der Waals surface area contributed by atoms with E-state index in [9.17, 15) is 13.2 Å². The Labute approximate surface area is 120 Å². The molecule has 6 heteroatoms. The first-order valence-corrected chi connectivity index (χ1v) is 8.51. The Hall–Kier alpha value is -1.40. The average molecular weight is 296 g/mol. The van der Waals surface area contributed by atoms with E-state index in [1.807, 2.05) is 18.2 Å². The van der Waals surface area contributed by atoms with Crippen molar-refractivity contribution in [3.8, 4) is 0 Å². The molecule has 0 radical (unpaired) electrons. The lowest BCUT2D eigenvalue weighted by atomic mass is 10.0. The third kappa shape index (κ3) is 3.80. The fourth-order valence-corrected chi connectivity index (χ4v) is 3.21. The van der Waals surface area contributed by atoms with E-state index in [4.69, 9.17) is 0 Å². The molecular formula is C14H20N2O3S. The second-order valence-electron chi connectivity index (χ2n) is 4.95. The lowest BCUT2D eigenvalue weighted by Gasteiger charge is -2.32. The first-order valence-electron chi connectivity index (χ1n) is 6.86. The lowest BCUT2D eigenvalue weighted by Crippen LogP contribution is -2.46. The van der Waals surface area contributed by atoms with Gasteiger partial charge in [0.2, 0.25) is 10.0 Å². The van der Waals surface area contributed by atoms with E-state index in [0.717, 1.165) is 0 Å². The van der Waals surface area contributed by atoms with Gasteiger partial charge in [-0.3, -0.25) is 4.79 Å². The van der Waals surface area contributed by atoms with E-state index < -0.39 is 10.0 Å². The van der Waals surface area contributed by atoms with Crippen molar-refractivity contribution in [1.29, 1.82) is 0 Å². The SMILES string of the molecule is CCS(=O)(=O)NC1CCN(C(=O)c2ccccc2)CC1. The molecule has 1 N–H and O–H groups in total. The van der Waals surface area contributed by atoms with Gasteiger partial charge in [0, 0.05) is 24.7 Å². The molecule has 1 heterocycles. The van der Waals surface area contributed by atoms with Crippen LogP contribution in [0.2, 0.25) is 0 Å². The zero-order chi connectivity index (χ0) is 14.6. The Morgan fingerprint density at radius 3 is 2.40 bits per heavy atom. The molecule has 2 rings (SSSR count). The number of hydrogen-bond donors (Lipinski definition) is 1. The molecule has 0 saturated carbocycles. The van der Waals surface area contributed by atoms with Gasteiger partial charge in [-0.05, 0) is 31.9 Å². The van der Waals surface area contributed by atoms with Crippen molar-refractivity contribution in [2.75, 3.05) is 18.8 Å². The van der Waals surface area contributed by atoms with Crippen LogP contribution in [0.4, 0.5) is 0 Å². The molecule has 0 bridgehead atoms. The van der Waals surface area contributed by atoms with Crippen LogP contribution in [-0.2, 0) is 10.0 Å². The fourth-order valence-electron chi connectivity index (χ4n) is 2.30. The maximum absolute atomic E-state index is 12.2. The van der Waals surface area contributed by atoms with Gasteiger partial charge in [-0.25, -0.2) is 13.1 Å². The second-order valence-corrected chi connectivity index (χ2v) is 7.00. The molecule has 20 heavy (non-hydrogen) atoms. The molecule has 0 spiro atoms. The number of benzene rings is 1. The van der Waals surface area contributed by atoms with Crippen LogP contribution in [0.25, 0.3) is 0 Å². The molecule has 0 aliphatic carbocycles. The number of carbonyl (C=O) groups excluding carboxylic acids is 1. The standard InChI is InChI=1S/C14H20N2O3S/c1-2-20(18,19)15-13-8-10-16(11-9-13)14(17)12-6-4-3-5-7-12/h3-7,13,15H,2,8-11H2,1H3. The summed E-state index contributed by atoms with van der Waals surface area (Å²) in [5.74, 6) is 0.110. The molecule has 0 unspecified atom stereocenters. The highest BCUT2D eigenvalue weighted by Gasteiger charge is 2.25. The van der Waals surface area contributed by atoms with E-state index in [2.05, 4.69) is 4.72 Å². The van der Waals surface area contributed by atoms with E-state index in [1.165, 1.54) is 0 Å². The minimum absolute atomic E-state index is 0.0161. The Kier molecular flexibility index (Phi) is 4.77. The van der Waals surface area contributed by atoms with Gasteiger partial charge in [0.1, 0.15) is 0 Å². The Bertz CT molecular complexity index is 549. The zero-order valence-corrected chi connectivity index (χ0v) is 12.4. The highest BCUT2D eigenvalue weighted by molar-refractivity contribution is 7.89. The van der Waals surface area contributed by atoms with Crippen LogP contribution in [0, 0.1) is 0 Å². The molecule has 5 nitrogen and oxygen atoms in total. The smallest absolute Gasteiger partial charge is 0.253 e. The molecule has 1 aromatic carbocycles. The van der Waals surface area contributed by atoms with Gasteiger partial charge in [0.05, 0.1) is 5.75 Å². The van der Waals surface area contributed by atoms with E-state index in [0.29, 0.717) is 31.5 Å². The van der Waals surface area contributed by atoms with Crippen LogP contribution in [0.3, 0.4) is 0 Å². The second kappa shape index (κ2) is 6.37. The molecule has 1 aromatic rings. The predicted molar refractivity (Wildman–Crippen MR) is 78.0 cm³/mol. The third-order valence-electron chi connectivity index (χ3n) is 3.53. The normalized spacial score (nSPS) is 17.1. The van der Waals surface area contributed by atoms with E-state index in [-0.39, 0.29) is 17.7 Å². The highest BCUT2D eigenvalue weighted by Crippen LogP contribution is 2.14. The average Bonchev–Trinajstić information content (AvgIpc) is 2.48. The van der Waals surface area contributed by atoms with Crippen LogP contribution in [0.15, 0.2) is 30.3 Å². The van der Waals surface area contributed by atoms with Crippen LogP contribution in [0.5, 0.6) is 0 Å². The Morgan fingerprint density at radius 1 is 1.25 bits per heavy atom. The highest BCUT2D eigenvalue weighted by atomic mass is 32.2. The summed E-state index contributed by atoms with van der Waals surface area (Å²) in [7, 11) is -3.16. The molecule has 0 atom stereocenters. The van der Waals surface area contributed by atoms with Crippen molar-refractivity contribution < 1.29 is 13.2 Å². The van der Waals surface area contributed by atoms with Crippen molar-refractivity contribution in [3.63, 3.8) is 0 Å². The molecule has 1 saturated heterocycles. The third-order valence-corrected chi connectivity index (χ3v) is 4.98. The van der Waals surface area contributed by atoms with Gasteiger partial charge >= 0.3 is 0 Å². The molecule has 0 aromatic heterocycles. The van der Waals surface area contributed by atoms with Crippen molar-refractivity contribution >= 4 is 15.9 Å². The minimum Gasteiger partial charge on any atom is -0.339 e. The summed E-state index contributed by atoms with van der Waals surface area (Å²) in [6.45, 7) is 2.80. The number of rotatable bonds is 4. The van der Waals surface area contributed by atoms with Crippen LogP contribution in [-0.4, -0.2) is 44.1 Å². The minimum atomic E-state index is -3.16. The summed E-state index contributed by atoms with van der Waals surface area (Å²) in [5.41, 5.74) is 0.681. The number of nitrogens with zero attached hydrogens (tertiary/aromatic N) is 1. The number of nitrogens with one attached hydrogen (secondary N) is 1. The predicted octanol–water partition coefficient (Wildman–Crippen LogP) is 1.23. The molecule has 1 fully saturated rings. The van der Waals surface area contributed by atoms with Crippen molar-refractivity contribution in [3.05, 3.63) is 35.9 Å². The number of likely N-dealkylation sites (tertiary alicyclic amines) is 1. The van der Waals surface area contributed by atoms with Crippen LogP contribution < -0.4 is 4.72 Å². The zero-order valence-electron chi connectivity index (χ0n) is 11.6. The van der Waals surface area contributed by atoms with Crippen molar-refractivity contribution in [2.45, 2.75) is 25.8 Å². The largest absolute Gasteiger partial charge is 0.339 e. The van der Waals surface area contributed by atoms with Gasteiger partial charge < -0.3 is 4.90 Å². The molecular weight excluding hydrogens is 276 g/mol. The van der Waals surface area contributed by atoms with Crippen molar-refractivity contribution in [2.24, 2.45) is 0 Å². The first-order chi connectivity index (χ1) is 9.52. The number of carbonyl (C=O) groups is 1. The van der Waals surface area contributed by atoms with Gasteiger partial charge in [-0.1, -0.05) is 18.2 Å². The molecule has 1 aliphatic rings. The topological polar surface area (TPSA) is 66.5 Å². The quantitative estimate of drug-likeness (QED) is 0.909. The van der Waals surface area contributed by atoms with Crippen LogP contribution >= 0.6 is 0 Å². The summed E-state index contributed by atoms with van der Waals surface area (Å²) >= 11 is 0. The maximum atomic E-state index is 12.2. The summed E-state index contributed by atoms with van der Waals surface area (Å²) in [5, 5.41) is 0. The Balaban J connectivity index is 1.90. The van der Waals surface area contributed by atoms with Gasteiger partial charge in [-0.2, -0.15) is 0 Å². The van der Waals surface area contributed by atoms with Crippen LogP contribution in [0.1, 0.15) is 30.1 Å². The molecule has 1 amide bonds. The van der Waals surface area contributed by atoms with Gasteiger partial charge in [-0.15, -0.1) is 0 Å². The fraction of sp³-hybridized carbons (Fsp3) is 0.500. The summed E-state index contributed by atoms with van der Waals surface area (Å²) in [6, 6.07) is 9.11. The summed E-state index contributed by atoms with van der Waals surface area (Å²) in [4.78, 5) is 14.0. The van der Waals surface area contributed by atoms with Gasteiger partial charge in [0.15, 0.2) is 0 Å². The number of piperidine rings is 1. The maximum Gasteiger partial charge on any atom is 0.253 e. The Morgan fingerprint density at radius 2 is 1.85 bits per heavy atom. The van der Waals surface area contributed by atoms with E-state index >= 15 is 0 Å². The number of amides is 1. The van der Waals surface area contributed by atoms with E-state index in [1.54, 1.807) is 24.0 Å². The summed E-state index contributed by atoms with van der Waals surface area (Å²) < 4.78 is 25.7. The summed E-state index contributed by atoms with van der Waals surface area (Å²) in [6.07, 6.45) is 1.33. The lowest BCUT2D eigenvalue weighted by molar-refractivity contribution is 0.0711. The molecule has 110 valence electrons. The van der Waals surface area contributed by atoms with Crippen molar-refractivity contribution in [1.82, 2.24) is 9.62 Å². The number of hydrogen-bond acceptors (Lipinski definition) is 3. The first kappa shape index (κ1) is 15.0. The van der Waals surface area contributed by atoms with Gasteiger partial charge in [0.25, 0.3) is 5.91 Å². The number of sulfonamides is 1. The monoisotopic (exact) mass is 296 g/mol.